The van der Waals surface area contributed by atoms with Crippen LogP contribution in [0.4, 0.5) is 5.69 Å². The average Bonchev–Trinajstić information content (AvgIpc) is 3.06. The highest BCUT2D eigenvalue weighted by Gasteiger charge is 2.11. The Morgan fingerprint density at radius 2 is 2.17 bits per heavy atom. The van der Waals surface area contributed by atoms with E-state index in [1.54, 1.807) is 18.5 Å². The van der Waals surface area contributed by atoms with E-state index >= 15 is 0 Å². The smallest absolute Gasteiger partial charge is 0.249 e. The summed E-state index contributed by atoms with van der Waals surface area (Å²) < 4.78 is 6.51. The summed E-state index contributed by atoms with van der Waals surface area (Å²) in [4.78, 5) is 16.0. The van der Waals surface area contributed by atoms with Crippen LogP contribution in [0.2, 0.25) is 0 Å². The van der Waals surface area contributed by atoms with Crippen molar-refractivity contribution in [3.63, 3.8) is 0 Å². The molecule has 0 bridgehead atoms. The number of nitrogens with one attached hydrogen (secondary N) is 1. The first kappa shape index (κ1) is 16.3. The highest BCUT2D eigenvalue weighted by Crippen LogP contribution is 2.21. The van der Waals surface area contributed by atoms with Gasteiger partial charge in [0.25, 0.3) is 0 Å². The number of aryl methyl sites for hydroxylation is 2. The molecule has 1 amide bonds. The molecule has 0 fully saturated rings. The van der Waals surface area contributed by atoms with Gasteiger partial charge in [0.15, 0.2) is 0 Å². The summed E-state index contributed by atoms with van der Waals surface area (Å²) in [6.07, 6.45) is 3.97. The number of carbonyl (C=O) groups excluding carboxylic acids is 1. The van der Waals surface area contributed by atoms with Crippen molar-refractivity contribution < 1.29 is 9.21 Å². The van der Waals surface area contributed by atoms with E-state index in [-0.39, 0.29) is 12.3 Å². The number of hydrogen-bond acceptors (Lipinski definition) is 5. The minimum absolute atomic E-state index is 0.105. The molecule has 2 heterocycles. The van der Waals surface area contributed by atoms with Crippen molar-refractivity contribution in [1.29, 1.82) is 0 Å². The van der Waals surface area contributed by atoms with Crippen molar-refractivity contribution in [2.45, 2.75) is 19.8 Å². The molecule has 7 heteroatoms. The van der Waals surface area contributed by atoms with Crippen LogP contribution in [-0.2, 0) is 11.2 Å². The van der Waals surface area contributed by atoms with Gasteiger partial charge in [0.2, 0.25) is 17.7 Å². The van der Waals surface area contributed by atoms with Crippen molar-refractivity contribution in [1.82, 2.24) is 15.2 Å². The van der Waals surface area contributed by atoms with E-state index in [4.69, 9.17) is 4.42 Å². The van der Waals surface area contributed by atoms with E-state index in [2.05, 4.69) is 36.4 Å². The number of aromatic nitrogens is 3. The molecule has 24 heavy (non-hydrogen) atoms. The van der Waals surface area contributed by atoms with Crippen LogP contribution in [-0.4, -0.2) is 21.1 Å². The molecule has 6 nitrogen and oxygen atoms in total. The minimum atomic E-state index is -0.105. The predicted molar refractivity (Wildman–Crippen MR) is 93.4 cm³/mol. The highest BCUT2D eigenvalue weighted by molar-refractivity contribution is 9.10. The Bertz CT molecular complexity index is 849. The van der Waals surface area contributed by atoms with Crippen LogP contribution < -0.4 is 5.32 Å². The summed E-state index contributed by atoms with van der Waals surface area (Å²) in [6.45, 7) is 1.99. The zero-order valence-corrected chi connectivity index (χ0v) is 14.6. The molecule has 0 aliphatic carbocycles. The van der Waals surface area contributed by atoms with Crippen molar-refractivity contribution in [3.05, 3.63) is 58.7 Å². The topological polar surface area (TPSA) is 80.9 Å². The summed E-state index contributed by atoms with van der Waals surface area (Å²) >= 11 is 3.45. The lowest BCUT2D eigenvalue weighted by Gasteiger charge is -2.06. The van der Waals surface area contributed by atoms with E-state index in [9.17, 15) is 4.79 Å². The number of benzene rings is 1. The van der Waals surface area contributed by atoms with Crippen molar-refractivity contribution in [2.75, 3.05) is 5.32 Å². The summed E-state index contributed by atoms with van der Waals surface area (Å²) in [5, 5.41) is 10.8. The fraction of sp³-hybridized carbons (Fsp3) is 0.176. The molecule has 2 aromatic heterocycles. The fourth-order valence-electron chi connectivity index (χ4n) is 2.08. The van der Waals surface area contributed by atoms with Gasteiger partial charge in [0.05, 0.1) is 5.56 Å². The van der Waals surface area contributed by atoms with Gasteiger partial charge in [-0.3, -0.25) is 9.78 Å². The Labute approximate surface area is 147 Å². The third kappa shape index (κ3) is 4.05. The summed E-state index contributed by atoms with van der Waals surface area (Å²) in [5.74, 6) is 0.724. The molecule has 3 rings (SSSR count). The standard InChI is InChI=1S/C17H15BrN4O2/c1-11-4-5-13(9-14(11)18)20-15(23)6-7-16-21-22-17(24-16)12-3-2-8-19-10-12/h2-5,8-10H,6-7H2,1H3,(H,20,23). The minimum Gasteiger partial charge on any atom is -0.421 e. The number of anilines is 1. The molecule has 0 atom stereocenters. The van der Waals surface area contributed by atoms with Crippen LogP contribution in [0.1, 0.15) is 17.9 Å². The number of rotatable bonds is 5. The molecule has 0 unspecified atom stereocenters. The van der Waals surface area contributed by atoms with Gasteiger partial charge < -0.3 is 9.73 Å². The van der Waals surface area contributed by atoms with Gasteiger partial charge in [-0.15, -0.1) is 10.2 Å². The second-order valence-electron chi connectivity index (χ2n) is 5.25. The maximum atomic E-state index is 12.0. The summed E-state index contributed by atoms with van der Waals surface area (Å²) in [5.41, 5.74) is 2.62. The van der Waals surface area contributed by atoms with Crippen LogP contribution in [0.3, 0.4) is 0 Å². The Balaban J connectivity index is 1.56. The Morgan fingerprint density at radius 3 is 2.92 bits per heavy atom. The lowest BCUT2D eigenvalue weighted by Crippen LogP contribution is -2.12. The molecule has 0 aliphatic heterocycles. The summed E-state index contributed by atoms with van der Waals surface area (Å²) in [7, 11) is 0. The van der Waals surface area contributed by atoms with Gasteiger partial charge >= 0.3 is 0 Å². The fourth-order valence-corrected chi connectivity index (χ4v) is 2.45. The third-order valence-corrected chi connectivity index (χ3v) is 4.25. The van der Waals surface area contributed by atoms with Crippen molar-refractivity contribution in [3.8, 4) is 11.5 Å². The Morgan fingerprint density at radius 1 is 1.29 bits per heavy atom. The van der Waals surface area contributed by atoms with E-state index in [0.717, 1.165) is 21.3 Å². The summed E-state index contributed by atoms with van der Waals surface area (Å²) in [6, 6.07) is 9.32. The number of pyridine rings is 1. The van der Waals surface area contributed by atoms with Crippen LogP contribution in [0.5, 0.6) is 0 Å². The zero-order chi connectivity index (χ0) is 16.9. The molecular weight excluding hydrogens is 372 g/mol. The van der Waals surface area contributed by atoms with E-state index in [1.807, 2.05) is 31.2 Å². The molecule has 0 saturated carbocycles. The maximum Gasteiger partial charge on any atom is 0.249 e. The van der Waals surface area contributed by atoms with E-state index in [1.165, 1.54) is 0 Å². The first-order valence-electron chi connectivity index (χ1n) is 7.40. The normalized spacial score (nSPS) is 10.6. The molecule has 0 spiro atoms. The number of amides is 1. The van der Waals surface area contributed by atoms with Crippen LogP contribution in [0.25, 0.3) is 11.5 Å². The first-order chi connectivity index (χ1) is 11.6. The Kier molecular flexibility index (Phi) is 5.00. The van der Waals surface area contributed by atoms with Crippen LogP contribution in [0.15, 0.2) is 51.6 Å². The van der Waals surface area contributed by atoms with Crippen LogP contribution >= 0.6 is 15.9 Å². The van der Waals surface area contributed by atoms with Gasteiger partial charge in [-0.05, 0) is 36.8 Å². The van der Waals surface area contributed by atoms with Gasteiger partial charge in [-0.25, -0.2) is 0 Å². The predicted octanol–water partition coefficient (Wildman–Crippen LogP) is 3.77. The van der Waals surface area contributed by atoms with Gasteiger partial charge in [-0.2, -0.15) is 0 Å². The molecule has 1 N–H and O–H groups in total. The number of nitrogens with zero attached hydrogens (tertiary/aromatic N) is 3. The van der Waals surface area contributed by atoms with Crippen LogP contribution in [0, 0.1) is 6.92 Å². The second kappa shape index (κ2) is 7.35. The molecule has 122 valence electrons. The molecular formula is C17H15BrN4O2. The SMILES string of the molecule is Cc1ccc(NC(=O)CCc2nnc(-c3cccnc3)o2)cc1Br. The van der Waals surface area contributed by atoms with E-state index < -0.39 is 0 Å². The largest absolute Gasteiger partial charge is 0.421 e. The molecule has 0 aliphatic rings. The number of carbonyl (C=O) groups is 1. The lowest BCUT2D eigenvalue weighted by atomic mass is 10.2. The molecule has 3 aromatic rings. The Hall–Kier alpha value is -2.54. The highest BCUT2D eigenvalue weighted by atomic mass is 79.9. The quantitative estimate of drug-likeness (QED) is 0.721. The van der Waals surface area contributed by atoms with Gasteiger partial charge in [-0.1, -0.05) is 22.0 Å². The maximum absolute atomic E-state index is 12.0. The van der Waals surface area contributed by atoms with Gasteiger partial charge in [0.1, 0.15) is 0 Å². The van der Waals surface area contributed by atoms with Crippen molar-refractivity contribution in [2.24, 2.45) is 0 Å². The number of hydrogen-bond donors (Lipinski definition) is 1. The van der Waals surface area contributed by atoms with E-state index in [0.29, 0.717) is 18.2 Å². The second-order valence-corrected chi connectivity index (χ2v) is 6.11. The number of halogens is 1. The zero-order valence-electron chi connectivity index (χ0n) is 13.0. The molecule has 1 aromatic carbocycles. The first-order valence-corrected chi connectivity index (χ1v) is 8.20. The molecule has 0 radical (unpaired) electrons. The lowest BCUT2D eigenvalue weighted by molar-refractivity contribution is -0.116. The molecule has 0 saturated heterocycles. The van der Waals surface area contributed by atoms with Crippen molar-refractivity contribution >= 4 is 27.5 Å². The van der Waals surface area contributed by atoms with Gasteiger partial charge in [0, 0.05) is 35.4 Å². The average molecular weight is 387 g/mol. The third-order valence-electron chi connectivity index (χ3n) is 3.40. The monoisotopic (exact) mass is 386 g/mol.